The zero-order valence-corrected chi connectivity index (χ0v) is 7.67. The van der Waals surface area contributed by atoms with E-state index in [0.29, 0.717) is 0 Å². The van der Waals surface area contributed by atoms with Crippen LogP contribution in [0.2, 0.25) is 0 Å². The number of hydrogen-bond donors (Lipinski definition) is 1. The molecule has 0 heterocycles. The van der Waals surface area contributed by atoms with Gasteiger partial charge in [0.1, 0.15) is 0 Å². The molecular formula is C11H12N2. The number of nitriles is 1. The molecule has 0 amide bonds. The molecule has 1 aromatic carbocycles. The molecule has 0 aromatic heterocycles. The average molecular weight is 172 g/mol. The van der Waals surface area contributed by atoms with Gasteiger partial charge in [-0.1, -0.05) is 6.08 Å². The maximum absolute atomic E-state index is 8.70. The van der Waals surface area contributed by atoms with Crippen LogP contribution in [0.25, 0.3) is 0 Å². The zero-order chi connectivity index (χ0) is 9.68. The normalized spacial score (nSPS) is 8.92. The van der Waals surface area contributed by atoms with E-state index in [-0.39, 0.29) is 0 Å². The first-order valence-electron chi connectivity index (χ1n) is 4.13. The van der Waals surface area contributed by atoms with Gasteiger partial charge in [-0.3, -0.25) is 0 Å². The monoisotopic (exact) mass is 172 g/mol. The highest BCUT2D eigenvalue weighted by molar-refractivity contribution is 5.51. The molecule has 1 N–H and O–H groups in total. The molecule has 1 rings (SSSR count). The van der Waals surface area contributed by atoms with Crippen LogP contribution in [0.3, 0.4) is 0 Å². The number of rotatable bonds is 3. The second kappa shape index (κ2) is 4.32. The van der Waals surface area contributed by atoms with E-state index in [2.05, 4.69) is 18.0 Å². The lowest BCUT2D eigenvalue weighted by Crippen LogP contribution is -1.98. The first kappa shape index (κ1) is 9.34. The van der Waals surface area contributed by atoms with Crippen molar-refractivity contribution < 1.29 is 0 Å². The Morgan fingerprint density at radius 2 is 2.38 bits per heavy atom. The maximum Gasteiger partial charge on any atom is 0.0994 e. The standard InChI is InChI=1S/C11H12N2/c1-3-6-13-11-5-4-10(8-12)9(2)7-11/h3-5,7,13H,1,6H2,2H3. The van der Waals surface area contributed by atoms with Crippen molar-refractivity contribution in [2.45, 2.75) is 6.92 Å². The van der Waals surface area contributed by atoms with Gasteiger partial charge < -0.3 is 5.32 Å². The Morgan fingerprint density at radius 1 is 1.62 bits per heavy atom. The minimum atomic E-state index is 0.726. The summed E-state index contributed by atoms with van der Waals surface area (Å²) in [5.41, 5.74) is 2.75. The van der Waals surface area contributed by atoms with Gasteiger partial charge in [0, 0.05) is 12.2 Å². The minimum absolute atomic E-state index is 0.726. The van der Waals surface area contributed by atoms with Crippen molar-refractivity contribution in [3.63, 3.8) is 0 Å². The largest absolute Gasteiger partial charge is 0.382 e. The molecule has 0 aliphatic heterocycles. The third-order valence-electron chi connectivity index (χ3n) is 1.80. The van der Waals surface area contributed by atoms with Crippen LogP contribution in [-0.2, 0) is 0 Å². The predicted molar refractivity (Wildman–Crippen MR) is 54.6 cm³/mol. The minimum Gasteiger partial charge on any atom is -0.382 e. The van der Waals surface area contributed by atoms with E-state index in [9.17, 15) is 0 Å². The molecule has 0 unspecified atom stereocenters. The highest BCUT2D eigenvalue weighted by Gasteiger charge is 1.97. The highest BCUT2D eigenvalue weighted by Crippen LogP contribution is 2.13. The second-order valence-electron chi connectivity index (χ2n) is 2.81. The number of nitrogens with zero attached hydrogens (tertiary/aromatic N) is 1. The predicted octanol–water partition coefficient (Wildman–Crippen LogP) is 2.46. The van der Waals surface area contributed by atoms with Gasteiger partial charge in [-0.25, -0.2) is 0 Å². The van der Waals surface area contributed by atoms with Gasteiger partial charge in [-0.05, 0) is 30.7 Å². The SMILES string of the molecule is C=CCNc1ccc(C#N)c(C)c1. The van der Waals surface area contributed by atoms with E-state index in [0.717, 1.165) is 23.4 Å². The highest BCUT2D eigenvalue weighted by atomic mass is 14.8. The molecule has 13 heavy (non-hydrogen) atoms. The molecule has 0 fully saturated rings. The van der Waals surface area contributed by atoms with Gasteiger partial charge in [0.2, 0.25) is 0 Å². The first-order chi connectivity index (χ1) is 6.27. The smallest absolute Gasteiger partial charge is 0.0994 e. The summed E-state index contributed by atoms with van der Waals surface area (Å²) >= 11 is 0. The van der Waals surface area contributed by atoms with Gasteiger partial charge in [0.05, 0.1) is 11.6 Å². The molecule has 2 heteroatoms. The molecule has 1 aromatic rings. The summed E-state index contributed by atoms with van der Waals surface area (Å²) in [5.74, 6) is 0. The van der Waals surface area contributed by atoms with Crippen LogP contribution in [0.5, 0.6) is 0 Å². The van der Waals surface area contributed by atoms with E-state index >= 15 is 0 Å². The van der Waals surface area contributed by atoms with E-state index in [4.69, 9.17) is 5.26 Å². The van der Waals surface area contributed by atoms with E-state index in [1.165, 1.54) is 0 Å². The first-order valence-corrected chi connectivity index (χ1v) is 4.13. The lowest BCUT2D eigenvalue weighted by atomic mass is 10.1. The van der Waals surface area contributed by atoms with Crippen molar-refractivity contribution in [3.05, 3.63) is 42.0 Å². The fourth-order valence-corrected chi connectivity index (χ4v) is 1.09. The second-order valence-corrected chi connectivity index (χ2v) is 2.81. The van der Waals surface area contributed by atoms with Crippen LogP contribution in [0.4, 0.5) is 5.69 Å². The Morgan fingerprint density at radius 3 is 2.92 bits per heavy atom. The lowest BCUT2D eigenvalue weighted by Gasteiger charge is -2.04. The topological polar surface area (TPSA) is 35.8 Å². The number of anilines is 1. The van der Waals surface area contributed by atoms with Crippen molar-refractivity contribution in [3.8, 4) is 6.07 Å². The summed E-state index contributed by atoms with van der Waals surface area (Å²) < 4.78 is 0. The van der Waals surface area contributed by atoms with Crippen molar-refractivity contribution in [1.29, 1.82) is 5.26 Å². The molecule has 0 aliphatic carbocycles. The van der Waals surface area contributed by atoms with Gasteiger partial charge >= 0.3 is 0 Å². The number of nitrogens with one attached hydrogen (secondary N) is 1. The van der Waals surface area contributed by atoms with Gasteiger partial charge in [-0.2, -0.15) is 5.26 Å². The fraction of sp³-hybridized carbons (Fsp3) is 0.182. The number of aryl methyl sites for hydroxylation is 1. The Bertz CT molecular complexity index is 348. The zero-order valence-electron chi connectivity index (χ0n) is 7.67. The van der Waals surface area contributed by atoms with E-state index < -0.39 is 0 Å². The van der Waals surface area contributed by atoms with E-state index in [1.54, 1.807) is 6.08 Å². The Balaban J connectivity index is 2.84. The van der Waals surface area contributed by atoms with Crippen molar-refractivity contribution in [1.82, 2.24) is 0 Å². The van der Waals surface area contributed by atoms with Crippen LogP contribution >= 0.6 is 0 Å². The van der Waals surface area contributed by atoms with Crippen LogP contribution in [-0.4, -0.2) is 6.54 Å². The van der Waals surface area contributed by atoms with Crippen molar-refractivity contribution in [2.24, 2.45) is 0 Å². The molecule has 0 saturated carbocycles. The third-order valence-corrected chi connectivity index (χ3v) is 1.80. The van der Waals surface area contributed by atoms with Gasteiger partial charge in [0.15, 0.2) is 0 Å². The molecule has 0 aliphatic rings. The summed E-state index contributed by atoms with van der Waals surface area (Å²) in [6.45, 7) is 6.29. The summed E-state index contributed by atoms with van der Waals surface area (Å²) in [7, 11) is 0. The summed E-state index contributed by atoms with van der Waals surface area (Å²) in [5, 5.41) is 11.9. The average Bonchev–Trinajstić information content (AvgIpc) is 2.15. The fourth-order valence-electron chi connectivity index (χ4n) is 1.09. The Hall–Kier alpha value is -1.75. The van der Waals surface area contributed by atoms with Gasteiger partial charge in [-0.15, -0.1) is 6.58 Å². The van der Waals surface area contributed by atoms with Crippen molar-refractivity contribution >= 4 is 5.69 Å². The molecule has 66 valence electrons. The quantitative estimate of drug-likeness (QED) is 0.711. The number of benzene rings is 1. The molecule has 0 radical (unpaired) electrons. The lowest BCUT2D eigenvalue weighted by molar-refractivity contribution is 1.31. The molecule has 0 bridgehead atoms. The van der Waals surface area contributed by atoms with Crippen LogP contribution < -0.4 is 5.32 Å². The summed E-state index contributed by atoms with van der Waals surface area (Å²) in [4.78, 5) is 0. The number of hydrogen-bond acceptors (Lipinski definition) is 2. The molecule has 2 nitrogen and oxygen atoms in total. The third kappa shape index (κ3) is 2.34. The maximum atomic E-state index is 8.70. The molecule has 0 atom stereocenters. The molecule has 0 spiro atoms. The van der Waals surface area contributed by atoms with Crippen molar-refractivity contribution in [2.75, 3.05) is 11.9 Å². The molecule has 0 saturated heterocycles. The van der Waals surface area contributed by atoms with E-state index in [1.807, 2.05) is 25.1 Å². The Labute approximate surface area is 78.5 Å². The Kier molecular flexibility index (Phi) is 3.10. The molecular weight excluding hydrogens is 160 g/mol. The van der Waals surface area contributed by atoms with Crippen LogP contribution in [0.15, 0.2) is 30.9 Å². The summed E-state index contributed by atoms with van der Waals surface area (Å²) in [6.07, 6.45) is 1.80. The van der Waals surface area contributed by atoms with Crippen LogP contribution in [0, 0.1) is 18.3 Å². The van der Waals surface area contributed by atoms with Crippen LogP contribution in [0.1, 0.15) is 11.1 Å². The summed E-state index contributed by atoms with van der Waals surface area (Å²) in [6, 6.07) is 7.81. The van der Waals surface area contributed by atoms with Gasteiger partial charge in [0.25, 0.3) is 0 Å².